The van der Waals surface area contributed by atoms with Crippen LogP contribution in [-0.4, -0.2) is 35.6 Å². The van der Waals surface area contributed by atoms with Gasteiger partial charge in [-0.1, -0.05) is 12.8 Å². The van der Waals surface area contributed by atoms with Crippen molar-refractivity contribution in [2.24, 2.45) is 11.8 Å². The van der Waals surface area contributed by atoms with Crippen molar-refractivity contribution in [2.45, 2.75) is 44.9 Å². The van der Waals surface area contributed by atoms with E-state index in [1.807, 2.05) is 0 Å². The summed E-state index contributed by atoms with van der Waals surface area (Å²) in [4.78, 5) is 13.6. The molecule has 0 amide bonds. The first-order valence-corrected chi connectivity index (χ1v) is 6.72. The van der Waals surface area contributed by atoms with Crippen LogP contribution < -0.4 is 0 Å². The fourth-order valence-corrected chi connectivity index (χ4v) is 3.23. The molecule has 1 N–H and O–H groups in total. The number of halogens is 2. The predicted octanol–water partition coefficient (Wildman–Crippen LogP) is 3.21. The minimum absolute atomic E-state index is 0. The molecule has 3 nitrogen and oxygen atoms in total. The summed E-state index contributed by atoms with van der Waals surface area (Å²) in [7, 11) is 0. The second kappa shape index (κ2) is 9.00. The van der Waals surface area contributed by atoms with Gasteiger partial charge in [0, 0.05) is 0 Å². The van der Waals surface area contributed by atoms with Crippen LogP contribution in [0.2, 0.25) is 0 Å². The summed E-state index contributed by atoms with van der Waals surface area (Å²) in [6.45, 7) is 3.57. The van der Waals surface area contributed by atoms with E-state index in [1.165, 1.54) is 32.4 Å². The Balaban J connectivity index is 0.00000144. The quantitative estimate of drug-likeness (QED) is 0.866. The first-order valence-electron chi connectivity index (χ1n) is 6.72. The third-order valence-corrected chi connectivity index (χ3v) is 4.24. The van der Waals surface area contributed by atoms with Crippen LogP contribution in [-0.2, 0) is 4.79 Å². The molecule has 2 unspecified atom stereocenters. The van der Waals surface area contributed by atoms with Crippen molar-refractivity contribution in [3.05, 3.63) is 0 Å². The van der Waals surface area contributed by atoms with E-state index in [9.17, 15) is 9.90 Å². The van der Waals surface area contributed by atoms with Gasteiger partial charge in [0.25, 0.3) is 0 Å². The molecular formula is C13H25Cl2NO2. The Kier molecular flexibility index (Phi) is 9.01. The molecule has 2 rings (SSSR count). The van der Waals surface area contributed by atoms with Gasteiger partial charge < -0.3 is 10.0 Å². The van der Waals surface area contributed by atoms with Crippen molar-refractivity contribution in [2.75, 3.05) is 19.6 Å². The van der Waals surface area contributed by atoms with Crippen LogP contribution in [0.3, 0.4) is 0 Å². The highest BCUT2D eigenvalue weighted by Gasteiger charge is 2.30. The third kappa shape index (κ3) is 4.94. The molecule has 1 saturated carbocycles. The Bertz CT molecular complexity index is 245. The van der Waals surface area contributed by atoms with Crippen molar-refractivity contribution in [1.82, 2.24) is 4.90 Å². The van der Waals surface area contributed by atoms with E-state index in [0.717, 1.165) is 32.2 Å². The van der Waals surface area contributed by atoms with Crippen LogP contribution in [0.1, 0.15) is 44.9 Å². The summed E-state index contributed by atoms with van der Waals surface area (Å²) in [5.74, 6) is -0.186. The van der Waals surface area contributed by atoms with E-state index in [2.05, 4.69) is 4.90 Å². The number of likely N-dealkylation sites (tertiary alicyclic amines) is 1. The van der Waals surface area contributed by atoms with E-state index >= 15 is 0 Å². The largest absolute Gasteiger partial charge is 0.481 e. The molecule has 1 aliphatic carbocycles. The molecule has 0 aromatic heterocycles. The number of hydrogen-bond donors (Lipinski definition) is 1. The Morgan fingerprint density at radius 3 is 2.28 bits per heavy atom. The normalized spacial score (nSPS) is 28.2. The van der Waals surface area contributed by atoms with Gasteiger partial charge in [-0.05, 0) is 57.7 Å². The van der Waals surface area contributed by atoms with E-state index < -0.39 is 5.97 Å². The van der Waals surface area contributed by atoms with Crippen LogP contribution in [0.15, 0.2) is 0 Å². The van der Waals surface area contributed by atoms with Crippen molar-refractivity contribution < 1.29 is 9.90 Å². The van der Waals surface area contributed by atoms with Crippen molar-refractivity contribution in [3.63, 3.8) is 0 Å². The van der Waals surface area contributed by atoms with Gasteiger partial charge in [-0.2, -0.15) is 0 Å². The van der Waals surface area contributed by atoms with Gasteiger partial charge in [-0.3, -0.25) is 4.79 Å². The SMILES string of the molecule is Cl.Cl.O=C(O)C1CCCCC1CCN1CCCC1. The highest BCUT2D eigenvalue weighted by molar-refractivity contribution is 5.85. The van der Waals surface area contributed by atoms with E-state index in [4.69, 9.17) is 0 Å². The molecule has 0 spiro atoms. The zero-order chi connectivity index (χ0) is 11.4. The van der Waals surface area contributed by atoms with Gasteiger partial charge in [-0.15, -0.1) is 24.8 Å². The minimum atomic E-state index is -0.564. The highest BCUT2D eigenvalue weighted by Crippen LogP contribution is 2.32. The van der Waals surface area contributed by atoms with Crippen LogP contribution in [0.5, 0.6) is 0 Å². The zero-order valence-corrected chi connectivity index (χ0v) is 12.5. The summed E-state index contributed by atoms with van der Waals surface area (Å²) in [5.41, 5.74) is 0. The Labute approximate surface area is 122 Å². The summed E-state index contributed by atoms with van der Waals surface area (Å²) in [6, 6.07) is 0. The first kappa shape index (κ1) is 18.0. The average Bonchev–Trinajstić information content (AvgIpc) is 2.79. The molecule has 2 fully saturated rings. The lowest BCUT2D eigenvalue weighted by atomic mass is 9.77. The Hall–Kier alpha value is 0.01000. The fraction of sp³-hybridized carbons (Fsp3) is 0.923. The lowest BCUT2D eigenvalue weighted by Gasteiger charge is -2.29. The molecule has 0 aromatic rings. The van der Waals surface area contributed by atoms with Gasteiger partial charge in [0.2, 0.25) is 0 Å². The molecule has 1 heterocycles. The molecule has 1 saturated heterocycles. The molecular weight excluding hydrogens is 273 g/mol. The molecule has 2 atom stereocenters. The van der Waals surface area contributed by atoms with Crippen LogP contribution in [0, 0.1) is 11.8 Å². The first-order chi connectivity index (χ1) is 7.77. The second-order valence-electron chi connectivity index (χ2n) is 5.33. The standard InChI is InChI=1S/C13H23NO2.2ClH/c15-13(16)12-6-2-1-5-11(12)7-10-14-8-3-4-9-14;;/h11-12H,1-10H2,(H,15,16);2*1H. The highest BCUT2D eigenvalue weighted by atomic mass is 35.5. The lowest BCUT2D eigenvalue weighted by molar-refractivity contribution is -0.145. The maximum absolute atomic E-state index is 11.1. The van der Waals surface area contributed by atoms with Gasteiger partial charge in [0.05, 0.1) is 5.92 Å². The van der Waals surface area contributed by atoms with Gasteiger partial charge in [-0.25, -0.2) is 0 Å². The smallest absolute Gasteiger partial charge is 0.306 e. The summed E-state index contributed by atoms with van der Waals surface area (Å²) in [6.07, 6.45) is 8.12. The van der Waals surface area contributed by atoms with Crippen molar-refractivity contribution >= 4 is 30.8 Å². The topological polar surface area (TPSA) is 40.5 Å². The maximum atomic E-state index is 11.1. The molecule has 0 radical (unpaired) electrons. The molecule has 0 bridgehead atoms. The lowest BCUT2D eigenvalue weighted by Crippen LogP contribution is -2.30. The molecule has 5 heteroatoms. The number of hydrogen-bond acceptors (Lipinski definition) is 2. The fourth-order valence-electron chi connectivity index (χ4n) is 3.23. The zero-order valence-electron chi connectivity index (χ0n) is 10.8. The van der Waals surface area contributed by atoms with Crippen LogP contribution in [0.25, 0.3) is 0 Å². The monoisotopic (exact) mass is 297 g/mol. The molecule has 1 aliphatic heterocycles. The predicted molar refractivity (Wildman–Crippen MR) is 77.9 cm³/mol. The summed E-state index contributed by atoms with van der Waals surface area (Å²) >= 11 is 0. The van der Waals surface area contributed by atoms with Gasteiger partial charge >= 0.3 is 5.97 Å². The molecule has 108 valence electrons. The number of rotatable bonds is 4. The van der Waals surface area contributed by atoms with E-state index in [1.54, 1.807) is 0 Å². The number of carbonyl (C=O) groups is 1. The van der Waals surface area contributed by atoms with Crippen molar-refractivity contribution in [1.29, 1.82) is 0 Å². The number of aliphatic carboxylic acids is 1. The Morgan fingerprint density at radius 1 is 1.06 bits per heavy atom. The summed E-state index contributed by atoms with van der Waals surface area (Å²) < 4.78 is 0. The van der Waals surface area contributed by atoms with Crippen LogP contribution >= 0.6 is 24.8 Å². The van der Waals surface area contributed by atoms with E-state index in [0.29, 0.717) is 5.92 Å². The third-order valence-electron chi connectivity index (χ3n) is 4.24. The molecule has 2 aliphatic rings. The molecule has 0 aromatic carbocycles. The van der Waals surface area contributed by atoms with Crippen molar-refractivity contribution in [3.8, 4) is 0 Å². The van der Waals surface area contributed by atoms with E-state index in [-0.39, 0.29) is 30.7 Å². The number of carboxylic acids is 1. The van der Waals surface area contributed by atoms with Gasteiger partial charge in [0.1, 0.15) is 0 Å². The number of nitrogens with zero attached hydrogens (tertiary/aromatic N) is 1. The maximum Gasteiger partial charge on any atom is 0.306 e. The average molecular weight is 298 g/mol. The van der Waals surface area contributed by atoms with Crippen LogP contribution in [0.4, 0.5) is 0 Å². The second-order valence-corrected chi connectivity index (χ2v) is 5.33. The van der Waals surface area contributed by atoms with Gasteiger partial charge in [0.15, 0.2) is 0 Å². The minimum Gasteiger partial charge on any atom is -0.481 e. The molecule has 18 heavy (non-hydrogen) atoms. The number of carboxylic acid groups (broad SMARTS) is 1. The summed E-state index contributed by atoms with van der Waals surface area (Å²) in [5, 5.41) is 9.19. The Morgan fingerprint density at radius 2 is 1.67 bits per heavy atom.